The summed E-state index contributed by atoms with van der Waals surface area (Å²) in [4.78, 5) is 0. The molecule has 6 heteroatoms. The molecule has 1 heterocycles. The Hall–Kier alpha value is -3.02. The second-order valence-electron chi connectivity index (χ2n) is 5.36. The third-order valence-electron chi connectivity index (χ3n) is 3.79. The zero-order chi connectivity index (χ0) is 17.6. The second-order valence-corrected chi connectivity index (χ2v) is 5.36. The molecule has 1 aromatic heterocycles. The lowest BCUT2D eigenvalue weighted by Gasteiger charge is -2.07. The van der Waals surface area contributed by atoms with Crippen LogP contribution >= 0.6 is 0 Å². The van der Waals surface area contributed by atoms with Gasteiger partial charge in [0.2, 0.25) is 5.89 Å². The van der Waals surface area contributed by atoms with Crippen molar-refractivity contribution in [3.05, 3.63) is 53.9 Å². The average molecular weight is 340 g/mol. The lowest BCUT2D eigenvalue weighted by Crippen LogP contribution is -1.95. The summed E-state index contributed by atoms with van der Waals surface area (Å²) in [5.74, 6) is 2.82. The van der Waals surface area contributed by atoms with Crippen molar-refractivity contribution in [2.24, 2.45) is 0 Å². The molecule has 0 saturated heterocycles. The summed E-state index contributed by atoms with van der Waals surface area (Å²) in [5, 5.41) is 8.09. The van der Waals surface area contributed by atoms with Gasteiger partial charge in [0.1, 0.15) is 5.75 Å². The van der Waals surface area contributed by atoms with Gasteiger partial charge in [-0.2, -0.15) is 0 Å². The highest BCUT2D eigenvalue weighted by atomic mass is 16.5. The molecule has 0 saturated carbocycles. The van der Waals surface area contributed by atoms with Crippen LogP contribution in [0.4, 0.5) is 0 Å². The summed E-state index contributed by atoms with van der Waals surface area (Å²) in [6, 6.07) is 13.4. The van der Waals surface area contributed by atoms with E-state index in [-0.39, 0.29) is 6.61 Å². The van der Waals surface area contributed by atoms with Gasteiger partial charge in [0.25, 0.3) is 5.89 Å². The normalized spacial score (nSPS) is 10.5. The number of ether oxygens (including phenoxy) is 3. The quantitative estimate of drug-likeness (QED) is 0.650. The summed E-state index contributed by atoms with van der Waals surface area (Å²) in [6.07, 6.45) is 0.999. The van der Waals surface area contributed by atoms with Gasteiger partial charge in [-0.05, 0) is 42.3 Å². The van der Waals surface area contributed by atoms with Crippen molar-refractivity contribution >= 4 is 0 Å². The van der Waals surface area contributed by atoms with Crippen LogP contribution < -0.4 is 14.2 Å². The van der Waals surface area contributed by atoms with E-state index in [1.54, 1.807) is 26.4 Å². The molecule has 3 rings (SSSR count). The van der Waals surface area contributed by atoms with Crippen molar-refractivity contribution in [3.8, 4) is 28.7 Å². The van der Waals surface area contributed by atoms with Crippen molar-refractivity contribution in [2.45, 2.75) is 20.0 Å². The van der Waals surface area contributed by atoms with Gasteiger partial charge in [-0.3, -0.25) is 0 Å². The van der Waals surface area contributed by atoms with Crippen LogP contribution in [0.3, 0.4) is 0 Å². The smallest absolute Gasteiger partial charge is 0.254 e. The molecular weight excluding hydrogens is 320 g/mol. The number of benzene rings is 2. The molecule has 6 nitrogen and oxygen atoms in total. The maximum Gasteiger partial charge on any atom is 0.254 e. The molecular formula is C19H20N2O4. The summed E-state index contributed by atoms with van der Waals surface area (Å²) in [7, 11) is 3.17. The Balaban J connectivity index is 1.69. The summed E-state index contributed by atoms with van der Waals surface area (Å²) >= 11 is 0. The molecule has 3 aromatic rings. The first-order valence-corrected chi connectivity index (χ1v) is 8.00. The summed E-state index contributed by atoms with van der Waals surface area (Å²) < 4.78 is 21.9. The molecule has 0 unspecified atom stereocenters. The van der Waals surface area contributed by atoms with E-state index in [0.29, 0.717) is 23.3 Å². The highest BCUT2D eigenvalue weighted by molar-refractivity contribution is 5.59. The highest BCUT2D eigenvalue weighted by Crippen LogP contribution is 2.31. The van der Waals surface area contributed by atoms with E-state index in [2.05, 4.69) is 17.1 Å². The number of nitrogens with zero attached hydrogens (tertiary/aromatic N) is 2. The Labute approximate surface area is 146 Å². The first-order valence-electron chi connectivity index (χ1n) is 8.00. The molecule has 2 aromatic carbocycles. The van der Waals surface area contributed by atoms with E-state index in [9.17, 15) is 0 Å². The monoisotopic (exact) mass is 340 g/mol. The zero-order valence-corrected chi connectivity index (χ0v) is 14.5. The Morgan fingerprint density at radius 1 is 0.920 bits per heavy atom. The highest BCUT2D eigenvalue weighted by Gasteiger charge is 2.12. The van der Waals surface area contributed by atoms with Gasteiger partial charge in [0, 0.05) is 5.56 Å². The Bertz CT molecular complexity index is 828. The molecule has 0 bridgehead atoms. The molecule has 0 N–H and O–H groups in total. The van der Waals surface area contributed by atoms with Crippen LogP contribution in [0, 0.1) is 0 Å². The summed E-state index contributed by atoms with van der Waals surface area (Å²) in [6.45, 7) is 2.33. The van der Waals surface area contributed by atoms with Gasteiger partial charge in [-0.1, -0.05) is 19.1 Å². The number of aromatic nitrogens is 2. The minimum absolute atomic E-state index is 0.214. The first kappa shape index (κ1) is 16.8. The van der Waals surface area contributed by atoms with E-state index >= 15 is 0 Å². The zero-order valence-electron chi connectivity index (χ0n) is 14.5. The molecule has 0 atom stereocenters. The maximum atomic E-state index is 5.68. The molecule has 0 aliphatic heterocycles. The van der Waals surface area contributed by atoms with Crippen LogP contribution in [0.5, 0.6) is 17.2 Å². The van der Waals surface area contributed by atoms with Gasteiger partial charge in [0.05, 0.1) is 14.2 Å². The fourth-order valence-electron chi connectivity index (χ4n) is 2.36. The maximum absolute atomic E-state index is 5.68. The lowest BCUT2D eigenvalue weighted by molar-refractivity contribution is 0.264. The molecule has 0 amide bonds. The van der Waals surface area contributed by atoms with Crippen LogP contribution in [0.2, 0.25) is 0 Å². The third kappa shape index (κ3) is 3.91. The van der Waals surface area contributed by atoms with Crippen molar-refractivity contribution in [3.63, 3.8) is 0 Å². The van der Waals surface area contributed by atoms with E-state index in [4.69, 9.17) is 18.6 Å². The third-order valence-corrected chi connectivity index (χ3v) is 3.79. The topological polar surface area (TPSA) is 66.6 Å². The van der Waals surface area contributed by atoms with E-state index in [0.717, 1.165) is 17.7 Å². The number of hydrogen-bond donors (Lipinski definition) is 0. The van der Waals surface area contributed by atoms with Gasteiger partial charge >= 0.3 is 0 Å². The molecule has 0 aliphatic rings. The fourth-order valence-corrected chi connectivity index (χ4v) is 2.36. The Kier molecular flexibility index (Phi) is 5.18. The van der Waals surface area contributed by atoms with Crippen molar-refractivity contribution < 1.29 is 18.6 Å². The number of rotatable bonds is 7. The van der Waals surface area contributed by atoms with Gasteiger partial charge < -0.3 is 18.6 Å². The minimum atomic E-state index is 0.214. The first-order chi connectivity index (χ1) is 12.2. The van der Waals surface area contributed by atoms with E-state index < -0.39 is 0 Å². The number of aryl methyl sites for hydroxylation is 1. The van der Waals surface area contributed by atoms with Crippen LogP contribution in [-0.2, 0) is 13.0 Å². The minimum Gasteiger partial charge on any atom is -0.493 e. The second kappa shape index (κ2) is 7.70. The van der Waals surface area contributed by atoms with Crippen molar-refractivity contribution in [1.29, 1.82) is 0 Å². The molecule has 25 heavy (non-hydrogen) atoms. The van der Waals surface area contributed by atoms with Crippen LogP contribution in [0.15, 0.2) is 46.9 Å². The van der Waals surface area contributed by atoms with Crippen LogP contribution in [0.25, 0.3) is 11.5 Å². The molecule has 0 aliphatic carbocycles. The van der Waals surface area contributed by atoms with Crippen LogP contribution in [0.1, 0.15) is 18.4 Å². The molecule has 0 spiro atoms. The molecule has 0 fully saturated rings. The van der Waals surface area contributed by atoms with Gasteiger partial charge in [-0.25, -0.2) is 0 Å². The number of methoxy groups -OCH3 is 2. The average Bonchev–Trinajstić information content (AvgIpc) is 3.15. The van der Waals surface area contributed by atoms with Crippen LogP contribution in [-0.4, -0.2) is 24.4 Å². The van der Waals surface area contributed by atoms with Crippen molar-refractivity contribution in [1.82, 2.24) is 10.2 Å². The molecule has 130 valence electrons. The predicted molar refractivity (Wildman–Crippen MR) is 93.0 cm³/mol. The number of hydrogen-bond acceptors (Lipinski definition) is 6. The van der Waals surface area contributed by atoms with E-state index in [1.807, 2.05) is 30.3 Å². The Morgan fingerprint density at radius 3 is 2.36 bits per heavy atom. The predicted octanol–water partition coefficient (Wildman–Crippen LogP) is 3.90. The lowest BCUT2D eigenvalue weighted by atomic mass is 10.2. The fraction of sp³-hybridized carbons (Fsp3) is 0.263. The van der Waals surface area contributed by atoms with Crippen molar-refractivity contribution in [2.75, 3.05) is 14.2 Å². The standard InChI is InChI=1S/C19H20N2O4/c1-4-13-5-8-15(9-6-13)24-12-18-20-21-19(25-18)14-7-10-16(22-2)17(11-14)23-3/h5-11H,4,12H2,1-3H3. The summed E-state index contributed by atoms with van der Waals surface area (Å²) in [5.41, 5.74) is 2.02. The van der Waals surface area contributed by atoms with Gasteiger partial charge in [0.15, 0.2) is 18.1 Å². The SMILES string of the molecule is CCc1ccc(OCc2nnc(-c3ccc(OC)c(OC)c3)o2)cc1. The largest absolute Gasteiger partial charge is 0.493 e. The van der Waals surface area contributed by atoms with Gasteiger partial charge in [-0.15, -0.1) is 10.2 Å². The Morgan fingerprint density at radius 2 is 1.68 bits per heavy atom. The molecule has 0 radical (unpaired) electrons. The van der Waals surface area contributed by atoms with E-state index in [1.165, 1.54) is 5.56 Å².